The number of hydrogen-bond donors (Lipinski definition) is 1. The Morgan fingerprint density at radius 1 is 1.16 bits per heavy atom. The highest BCUT2D eigenvalue weighted by molar-refractivity contribution is 9.10. The van der Waals surface area contributed by atoms with E-state index in [1.165, 1.54) is 5.56 Å². The van der Waals surface area contributed by atoms with Gasteiger partial charge in [0.25, 0.3) is 5.91 Å². The lowest BCUT2D eigenvalue weighted by Gasteiger charge is -2.13. The molecule has 0 aliphatic heterocycles. The molecule has 25 heavy (non-hydrogen) atoms. The summed E-state index contributed by atoms with van der Waals surface area (Å²) in [4.78, 5) is 12.4. The van der Waals surface area contributed by atoms with Crippen LogP contribution in [0.15, 0.2) is 71.5 Å². The van der Waals surface area contributed by atoms with E-state index in [1.54, 1.807) is 17.1 Å². The SMILES string of the molecule is CC(CCc1ccccc1)NC(=O)c1cnn(-c2ccc(Br)cc2)c1. The van der Waals surface area contributed by atoms with Crippen LogP contribution in [0, 0.1) is 0 Å². The Morgan fingerprint density at radius 2 is 1.88 bits per heavy atom. The summed E-state index contributed by atoms with van der Waals surface area (Å²) in [5.41, 5.74) is 2.76. The van der Waals surface area contributed by atoms with Gasteiger partial charge in [-0.3, -0.25) is 4.79 Å². The van der Waals surface area contributed by atoms with Crippen molar-refractivity contribution in [2.24, 2.45) is 0 Å². The number of rotatable bonds is 6. The lowest BCUT2D eigenvalue weighted by Crippen LogP contribution is -2.32. The quantitative estimate of drug-likeness (QED) is 0.670. The molecule has 1 atom stereocenters. The van der Waals surface area contributed by atoms with Crippen LogP contribution in [-0.2, 0) is 6.42 Å². The van der Waals surface area contributed by atoms with Crippen LogP contribution in [0.1, 0.15) is 29.3 Å². The summed E-state index contributed by atoms with van der Waals surface area (Å²) in [5, 5.41) is 7.32. The van der Waals surface area contributed by atoms with Gasteiger partial charge in [0.15, 0.2) is 0 Å². The Bertz CT molecular complexity index is 828. The molecule has 1 N–H and O–H groups in total. The largest absolute Gasteiger partial charge is 0.349 e. The number of hydrogen-bond acceptors (Lipinski definition) is 2. The standard InChI is InChI=1S/C20H20BrN3O/c1-15(7-8-16-5-3-2-4-6-16)23-20(25)17-13-22-24(14-17)19-11-9-18(21)10-12-19/h2-6,9-15H,7-8H2,1H3,(H,23,25). The fraction of sp³-hybridized carbons (Fsp3) is 0.200. The van der Waals surface area contributed by atoms with E-state index >= 15 is 0 Å². The monoisotopic (exact) mass is 397 g/mol. The number of benzene rings is 2. The molecule has 0 bridgehead atoms. The van der Waals surface area contributed by atoms with Gasteiger partial charge < -0.3 is 5.32 Å². The van der Waals surface area contributed by atoms with Crippen LogP contribution >= 0.6 is 15.9 Å². The van der Waals surface area contributed by atoms with Crippen LogP contribution < -0.4 is 5.32 Å². The zero-order valence-corrected chi connectivity index (χ0v) is 15.6. The molecule has 0 spiro atoms. The van der Waals surface area contributed by atoms with Crippen molar-refractivity contribution >= 4 is 21.8 Å². The summed E-state index contributed by atoms with van der Waals surface area (Å²) in [7, 11) is 0. The zero-order chi connectivity index (χ0) is 17.6. The average Bonchev–Trinajstić information content (AvgIpc) is 3.12. The van der Waals surface area contributed by atoms with E-state index in [4.69, 9.17) is 0 Å². The molecule has 1 aromatic heterocycles. The predicted molar refractivity (Wildman–Crippen MR) is 103 cm³/mol. The maximum atomic E-state index is 12.4. The highest BCUT2D eigenvalue weighted by atomic mass is 79.9. The number of carbonyl (C=O) groups excluding carboxylic acids is 1. The second-order valence-electron chi connectivity index (χ2n) is 6.05. The number of nitrogens with one attached hydrogen (secondary N) is 1. The van der Waals surface area contributed by atoms with Crippen LogP contribution in [0.3, 0.4) is 0 Å². The van der Waals surface area contributed by atoms with Crippen molar-refractivity contribution in [2.75, 3.05) is 0 Å². The van der Waals surface area contributed by atoms with E-state index < -0.39 is 0 Å². The maximum Gasteiger partial charge on any atom is 0.254 e. The summed E-state index contributed by atoms with van der Waals surface area (Å²) in [6.07, 6.45) is 5.20. The van der Waals surface area contributed by atoms with Gasteiger partial charge in [0.05, 0.1) is 17.4 Å². The smallest absolute Gasteiger partial charge is 0.254 e. The molecule has 128 valence electrons. The second-order valence-corrected chi connectivity index (χ2v) is 6.96. The van der Waals surface area contributed by atoms with E-state index in [0.717, 1.165) is 23.0 Å². The third-order valence-corrected chi connectivity index (χ3v) is 4.55. The minimum atomic E-state index is -0.0936. The number of carbonyl (C=O) groups is 1. The minimum Gasteiger partial charge on any atom is -0.349 e. The summed E-state index contributed by atoms with van der Waals surface area (Å²) in [6, 6.07) is 18.2. The minimum absolute atomic E-state index is 0.0936. The summed E-state index contributed by atoms with van der Waals surface area (Å²) in [5.74, 6) is -0.0936. The Balaban J connectivity index is 1.57. The van der Waals surface area contributed by atoms with Crippen LogP contribution in [0.4, 0.5) is 0 Å². The molecule has 0 aliphatic carbocycles. The maximum absolute atomic E-state index is 12.4. The normalized spacial score (nSPS) is 11.9. The van der Waals surface area contributed by atoms with Crippen molar-refractivity contribution in [1.29, 1.82) is 0 Å². The Morgan fingerprint density at radius 3 is 2.60 bits per heavy atom. The first kappa shape index (κ1) is 17.4. The fourth-order valence-corrected chi connectivity index (χ4v) is 2.85. The summed E-state index contributed by atoms with van der Waals surface area (Å²) in [6.45, 7) is 2.03. The van der Waals surface area contributed by atoms with Gasteiger partial charge in [-0.15, -0.1) is 0 Å². The van der Waals surface area contributed by atoms with Gasteiger partial charge in [0, 0.05) is 16.7 Å². The summed E-state index contributed by atoms with van der Waals surface area (Å²) < 4.78 is 2.71. The van der Waals surface area contributed by atoms with Gasteiger partial charge in [0.2, 0.25) is 0 Å². The van der Waals surface area contributed by atoms with E-state index in [-0.39, 0.29) is 11.9 Å². The highest BCUT2D eigenvalue weighted by Gasteiger charge is 2.12. The average molecular weight is 398 g/mol. The number of nitrogens with zero attached hydrogens (tertiary/aromatic N) is 2. The molecule has 0 radical (unpaired) electrons. The van der Waals surface area contributed by atoms with Gasteiger partial charge >= 0.3 is 0 Å². The fourth-order valence-electron chi connectivity index (χ4n) is 2.58. The van der Waals surface area contributed by atoms with Gasteiger partial charge in [-0.25, -0.2) is 4.68 Å². The number of halogens is 1. The van der Waals surface area contributed by atoms with E-state index in [0.29, 0.717) is 5.56 Å². The Kier molecular flexibility index (Phi) is 5.66. The molecule has 0 aliphatic rings. The van der Waals surface area contributed by atoms with Crippen LogP contribution in [0.25, 0.3) is 5.69 Å². The lowest BCUT2D eigenvalue weighted by atomic mass is 10.1. The predicted octanol–water partition coefficient (Wildman–Crippen LogP) is 4.39. The third kappa shape index (κ3) is 4.79. The number of aromatic nitrogens is 2. The molecule has 4 nitrogen and oxygen atoms in total. The van der Waals surface area contributed by atoms with Crippen molar-refractivity contribution in [2.45, 2.75) is 25.8 Å². The molecule has 3 aromatic rings. The van der Waals surface area contributed by atoms with Crippen LogP contribution in [-0.4, -0.2) is 21.7 Å². The van der Waals surface area contributed by atoms with Crippen molar-refractivity contribution in [3.8, 4) is 5.69 Å². The Hall–Kier alpha value is -2.40. The molecule has 5 heteroatoms. The van der Waals surface area contributed by atoms with Crippen molar-refractivity contribution < 1.29 is 4.79 Å². The second kappa shape index (κ2) is 8.12. The molecule has 3 rings (SSSR count). The molecule has 0 saturated carbocycles. The van der Waals surface area contributed by atoms with E-state index in [9.17, 15) is 4.79 Å². The lowest BCUT2D eigenvalue weighted by molar-refractivity contribution is 0.0938. The molecule has 0 saturated heterocycles. The molecular formula is C20H20BrN3O. The van der Waals surface area contributed by atoms with Gasteiger partial charge in [-0.05, 0) is 49.6 Å². The van der Waals surface area contributed by atoms with Crippen LogP contribution in [0.2, 0.25) is 0 Å². The molecule has 1 amide bonds. The van der Waals surface area contributed by atoms with Gasteiger partial charge in [0.1, 0.15) is 0 Å². The van der Waals surface area contributed by atoms with E-state index in [1.807, 2.05) is 49.4 Å². The highest BCUT2D eigenvalue weighted by Crippen LogP contribution is 2.14. The van der Waals surface area contributed by atoms with Gasteiger partial charge in [-0.1, -0.05) is 46.3 Å². The molecule has 1 heterocycles. The van der Waals surface area contributed by atoms with Crippen LogP contribution in [0.5, 0.6) is 0 Å². The van der Waals surface area contributed by atoms with Crippen molar-refractivity contribution in [1.82, 2.24) is 15.1 Å². The van der Waals surface area contributed by atoms with Gasteiger partial charge in [-0.2, -0.15) is 5.10 Å². The van der Waals surface area contributed by atoms with Crippen molar-refractivity contribution in [3.05, 3.63) is 82.6 Å². The topological polar surface area (TPSA) is 46.9 Å². The first-order valence-corrected chi connectivity index (χ1v) is 9.06. The first-order chi connectivity index (χ1) is 12.1. The number of aryl methyl sites for hydroxylation is 1. The molecular weight excluding hydrogens is 378 g/mol. The van der Waals surface area contributed by atoms with E-state index in [2.05, 4.69) is 38.5 Å². The third-order valence-electron chi connectivity index (χ3n) is 4.02. The molecule has 2 aromatic carbocycles. The van der Waals surface area contributed by atoms with Crippen molar-refractivity contribution in [3.63, 3.8) is 0 Å². The first-order valence-electron chi connectivity index (χ1n) is 8.27. The number of amides is 1. The Labute approximate surface area is 156 Å². The molecule has 1 unspecified atom stereocenters. The summed E-state index contributed by atoms with van der Waals surface area (Å²) >= 11 is 3.41. The zero-order valence-electron chi connectivity index (χ0n) is 14.0. The molecule has 0 fully saturated rings.